The molecule has 0 saturated heterocycles. The van der Waals surface area contributed by atoms with E-state index in [1.807, 2.05) is 25.1 Å². The van der Waals surface area contributed by atoms with E-state index in [1.54, 1.807) is 0 Å². The second-order valence-electron chi connectivity index (χ2n) is 10.6. The molecule has 0 aliphatic heterocycles. The van der Waals surface area contributed by atoms with Crippen molar-refractivity contribution in [2.24, 2.45) is 17.6 Å². The fraction of sp³-hybridized carbons (Fsp3) is 0.714. The molecule has 39 heavy (non-hydrogen) atoms. The SMILES string of the molecule is [CH2-][C@@H](C#N)N([CH2-])C(=O)CN(C)C1CCC(CC)C1.[CH2-][C@@H](C(N)=O)N([CH2-])C(=O)CN(C)C1CCC(CC)C1.[Y].[Y]. The van der Waals surface area contributed by atoms with Crippen molar-refractivity contribution in [3.63, 3.8) is 0 Å². The Morgan fingerprint density at radius 2 is 1.23 bits per heavy atom. The number of rotatable bonds is 11. The third kappa shape index (κ3) is 13.7. The van der Waals surface area contributed by atoms with Crippen LogP contribution in [0.5, 0.6) is 0 Å². The van der Waals surface area contributed by atoms with E-state index in [2.05, 4.69) is 46.7 Å². The molecule has 0 aromatic heterocycles. The molecule has 6 atom stereocenters. The van der Waals surface area contributed by atoms with E-state index in [1.165, 1.54) is 37.0 Å². The van der Waals surface area contributed by atoms with E-state index in [9.17, 15) is 14.4 Å². The molecule has 0 aromatic rings. The van der Waals surface area contributed by atoms with Gasteiger partial charge in [0.2, 0.25) is 17.7 Å². The van der Waals surface area contributed by atoms with Crippen LogP contribution in [-0.2, 0) is 79.8 Å². The molecule has 2 fully saturated rings. The van der Waals surface area contributed by atoms with Crippen LogP contribution in [0.3, 0.4) is 0 Å². The Bertz CT molecular complexity index is 796. The van der Waals surface area contributed by atoms with E-state index < -0.39 is 18.0 Å². The van der Waals surface area contributed by atoms with E-state index in [0.717, 1.165) is 36.0 Å². The van der Waals surface area contributed by atoms with Crippen LogP contribution in [0.1, 0.15) is 65.2 Å². The van der Waals surface area contributed by atoms with Crippen molar-refractivity contribution in [3.05, 3.63) is 27.9 Å². The zero-order valence-corrected chi connectivity index (χ0v) is 30.2. The summed E-state index contributed by atoms with van der Waals surface area (Å²) >= 11 is 0. The molecule has 3 amide bonds. The fourth-order valence-electron chi connectivity index (χ4n) is 5.08. The van der Waals surface area contributed by atoms with Gasteiger partial charge in [0, 0.05) is 77.5 Å². The summed E-state index contributed by atoms with van der Waals surface area (Å²) in [6, 6.07) is 1.23. The number of hydrogen-bond donors (Lipinski definition) is 1. The van der Waals surface area contributed by atoms with Gasteiger partial charge in [0.1, 0.15) is 0 Å². The molecule has 2 rings (SSSR count). The molecule has 218 valence electrons. The van der Waals surface area contributed by atoms with Gasteiger partial charge in [0.05, 0.1) is 19.2 Å². The van der Waals surface area contributed by atoms with E-state index >= 15 is 0 Å². The van der Waals surface area contributed by atoms with Crippen LogP contribution in [-0.4, -0.2) is 88.7 Å². The van der Waals surface area contributed by atoms with Crippen molar-refractivity contribution in [1.29, 1.82) is 5.26 Å². The minimum Gasteiger partial charge on any atom is -0.509 e. The van der Waals surface area contributed by atoms with Crippen molar-refractivity contribution in [2.75, 3.05) is 27.2 Å². The summed E-state index contributed by atoms with van der Waals surface area (Å²) in [5, 5.41) is 8.71. The van der Waals surface area contributed by atoms with Gasteiger partial charge < -0.3 is 29.4 Å². The number of nitrogens with zero attached hydrogens (tertiary/aromatic N) is 5. The average Bonchev–Trinajstić information content (AvgIpc) is 3.57. The Labute approximate surface area is 288 Å². The first-order chi connectivity index (χ1) is 17.4. The first kappa shape index (κ1) is 41.2. The average molecular weight is 695 g/mol. The zero-order valence-electron chi connectivity index (χ0n) is 24.6. The molecule has 4 unspecified atom stereocenters. The van der Waals surface area contributed by atoms with E-state index in [-0.39, 0.29) is 83.8 Å². The van der Waals surface area contributed by atoms with Crippen molar-refractivity contribution in [3.8, 4) is 6.07 Å². The largest absolute Gasteiger partial charge is 0.509 e. The van der Waals surface area contributed by atoms with Crippen LogP contribution in [0.4, 0.5) is 0 Å². The number of nitrogens with two attached hydrogens (primary N) is 1. The van der Waals surface area contributed by atoms with Crippen molar-refractivity contribution in [1.82, 2.24) is 19.6 Å². The predicted molar refractivity (Wildman–Crippen MR) is 146 cm³/mol. The fourth-order valence-corrected chi connectivity index (χ4v) is 5.08. The summed E-state index contributed by atoms with van der Waals surface area (Å²) < 4.78 is 0. The maximum absolute atomic E-state index is 12.0. The molecule has 2 saturated carbocycles. The molecular weight excluding hydrogens is 646 g/mol. The topological polar surface area (TPSA) is 114 Å². The minimum absolute atomic E-state index is 0. The quantitative estimate of drug-likeness (QED) is 0.333. The van der Waals surface area contributed by atoms with Crippen molar-refractivity contribution in [2.45, 2.75) is 89.4 Å². The Morgan fingerprint density at radius 1 is 0.846 bits per heavy atom. The number of carbonyl (C=O) groups is 3. The maximum atomic E-state index is 12.0. The van der Waals surface area contributed by atoms with Gasteiger partial charge in [-0.15, -0.1) is 0 Å². The summed E-state index contributed by atoms with van der Waals surface area (Å²) in [5.41, 5.74) is 5.11. The normalized spacial score (nSPS) is 23.4. The number of amides is 3. The van der Waals surface area contributed by atoms with E-state index in [0.29, 0.717) is 18.6 Å². The second-order valence-corrected chi connectivity index (χ2v) is 10.6. The van der Waals surface area contributed by atoms with Crippen LogP contribution in [0, 0.1) is 51.1 Å². The third-order valence-corrected chi connectivity index (χ3v) is 8.07. The summed E-state index contributed by atoms with van der Waals surface area (Å²) in [6.07, 6.45) is 9.49. The number of hydrogen-bond acceptors (Lipinski definition) is 6. The Hall–Kier alpha value is 0.0278. The summed E-state index contributed by atoms with van der Waals surface area (Å²) in [7, 11) is 11.1. The molecule has 2 aliphatic rings. The van der Waals surface area contributed by atoms with Gasteiger partial charge in [-0.05, 0) is 76.5 Å². The standard InChI is InChI=1S/C14H25N3O2.C14H23N3O.2Y/c1-5-11-6-7-12(8-11)16(3)9-13(18)17(4)10(2)14(15)19;1-5-12-6-7-13(8-12)16(3)10-14(18)17(4)11(2)9-15;;/h10-12H,2,4-9H2,1,3H3,(H2,15,19);11-13H,2,4-8,10H2,1,3H3;;/q2*-2;;/t10-,11?,12?;11-,12?,13?;;/m00../s1. The molecule has 2 radical (unpaired) electrons. The molecule has 11 heteroatoms. The summed E-state index contributed by atoms with van der Waals surface area (Å²) in [4.78, 5) is 41.2. The predicted octanol–water partition coefficient (Wildman–Crippen LogP) is 2.64. The van der Waals surface area contributed by atoms with Gasteiger partial charge in [-0.1, -0.05) is 26.7 Å². The minimum atomic E-state index is -0.909. The van der Waals surface area contributed by atoms with Gasteiger partial charge in [-0.25, -0.2) is 0 Å². The second kappa shape index (κ2) is 20.8. The number of primary amides is 1. The first-order valence-corrected chi connectivity index (χ1v) is 13.4. The van der Waals surface area contributed by atoms with E-state index in [4.69, 9.17) is 11.0 Å². The number of nitriles is 1. The Balaban J connectivity index is 0. The van der Waals surface area contributed by atoms with Crippen molar-refractivity contribution >= 4 is 17.7 Å². The van der Waals surface area contributed by atoms with Gasteiger partial charge in [0.25, 0.3) is 0 Å². The van der Waals surface area contributed by atoms with Crippen LogP contribution in [0.25, 0.3) is 0 Å². The molecule has 0 aromatic carbocycles. The number of carbonyl (C=O) groups excluding carboxylic acids is 3. The maximum Gasteiger partial charge on any atom is 0.206 e. The monoisotopic (exact) mass is 694 g/mol. The first-order valence-electron chi connectivity index (χ1n) is 13.4. The van der Waals surface area contributed by atoms with Gasteiger partial charge in [0.15, 0.2) is 0 Å². The number of likely N-dealkylation sites (N-methyl/N-ethyl adjacent to an activating group) is 2. The smallest absolute Gasteiger partial charge is 0.206 e. The third-order valence-electron chi connectivity index (χ3n) is 8.07. The molecule has 2 N–H and O–H groups in total. The Kier molecular flexibility index (Phi) is 22.0. The molecule has 0 bridgehead atoms. The van der Waals surface area contributed by atoms with Crippen molar-refractivity contribution < 1.29 is 79.8 Å². The molecule has 9 nitrogen and oxygen atoms in total. The van der Waals surface area contributed by atoms with Gasteiger partial charge in [-0.2, -0.15) is 5.26 Å². The molecular formula is C28H48N6O3Y2-4. The molecule has 2 aliphatic carbocycles. The van der Waals surface area contributed by atoms with Gasteiger partial charge >= 0.3 is 0 Å². The zero-order chi connectivity index (χ0) is 28.3. The summed E-state index contributed by atoms with van der Waals surface area (Å²) in [6.45, 7) is 12.1. The van der Waals surface area contributed by atoms with Crippen LogP contribution >= 0.6 is 0 Å². The molecule has 0 heterocycles. The van der Waals surface area contributed by atoms with Crippen LogP contribution in [0.2, 0.25) is 0 Å². The van der Waals surface area contributed by atoms with Crippen LogP contribution in [0.15, 0.2) is 0 Å². The van der Waals surface area contributed by atoms with Crippen LogP contribution < -0.4 is 5.73 Å². The Morgan fingerprint density at radius 3 is 1.54 bits per heavy atom. The molecule has 0 spiro atoms. The van der Waals surface area contributed by atoms with Gasteiger partial charge in [-0.3, -0.25) is 38.3 Å². The summed E-state index contributed by atoms with van der Waals surface area (Å²) in [5.74, 6) is 0.561.